The minimum absolute atomic E-state index is 0.386. The SMILES string of the molecule is Cc1cc(Cl)cc(Cl)c1N1CCn2c1nc1cccc(C(O)(C3CC3)C3CC3)c12. The van der Waals surface area contributed by atoms with E-state index in [1.54, 1.807) is 6.07 Å². The van der Waals surface area contributed by atoms with Crippen molar-refractivity contribution in [3.8, 4) is 0 Å². The average Bonchev–Trinajstić information content (AvgIpc) is 3.59. The van der Waals surface area contributed by atoms with Crippen molar-refractivity contribution < 1.29 is 5.11 Å². The van der Waals surface area contributed by atoms with E-state index in [2.05, 4.69) is 21.6 Å². The first-order valence-corrected chi connectivity index (χ1v) is 11.2. The van der Waals surface area contributed by atoms with Gasteiger partial charge in [0.05, 0.1) is 27.3 Å². The van der Waals surface area contributed by atoms with Crippen LogP contribution in [0.15, 0.2) is 30.3 Å². The number of hydrogen-bond donors (Lipinski definition) is 1. The maximum atomic E-state index is 11.8. The van der Waals surface area contributed by atoms with E-state index in [1.807, 2.05) is 19.1 Å². The second kappa shape index (κ2) is 6.13. The molecule has 4 nitrogen and oxygen atoms in total. The summed E-state index contributed by atoms with van der Waals surface area (Å²) in [5.74, 6) is 1.67. The normalized spacial score (nSPS) is 19.2. The molecule has 0 bridgehead atoms. The Balaban J connectivity index is 1.53. The molecule has 0 radical (unpaired) electrons. The number of benzene rings is 2. The number of nitrogens with zero attached hydrogens (tertiary/aromatic N) is 3. The summed E-state index contributed by atoms with van der Waals surface area (Å²) in [7, 11) is 0. The Morgan fingerprint density at radius 2 is 1.79 bits per heavy atom. The standard InChI is InChI=1S/C23H23Cl2N3O/c1-13-11-16(24)12-18(25)20(13)27-9-10-28-21-17(3-2-4-19(21)26-22(27)28)23(29,14-5-6-14)15-7-8-15/h2-4,11-12,14-15,29H,5-10H2,1H3. The van der Waals surface area contributed by atoms with Crippen molar-refractivity contribution in [1.29, 1.82) is 0 Å². The monoisotopic (exact) mass is 427 g/mol. The molecule has 0 unspecified atom stereocenters. The molecule has 2 saturated carbocycles. The highest BCUT2D eigenvalue weighted by Gasteiger charge is 2.55. The van der Waals surface area contributed by atoms with E-state index >= 15 is 0 Å². The smallest absolute Gasteiger partial charge is 0.211 e. The molecule has 3 aromatic rings. The van der Waals surface area contributed by atoms with Crippen LogP contribution in [0.1, 0.15) is 36.8 Å². The number of halogens is 2. The Labute approximate surface area is 180 Å². The van der Waals surface area contributed by atoms with Crippen LogP contribution in [0, 0.1) is 18.8 Å². The van der Waals surface area contributed by atoms with Crippen LogP contribution < -0.4 is 4.90 Å². The first-order chi connectivity index (χ1) is 14.0. The Kier molecular flexibility index (Phi) is 3.82. The molecule has 2 aromatic carbocycles. The molecule has 3 aliphatic rings. The van der Waals surface area contributed by atoms with E-state index in [0.717, 1.165) is 72.6 Å². The molecule has 29 heavy (non-hydrogen) atoms. The van der Waals surface area contributed by atoms with Crippen LogP contribution in [0.2, 0.25) is 10.0 Å². The van der Waals surface area contributed by atoms with E-state index in [-0.39, 0.29) is 0 Å². The number of hydrogen-bond acceptors (Lipinski definition) is 3. The summed E-state index contributed by atoms with van der Waals surface area (Å²) in [6, 6.07) is 9.95. The van der Waals surface area contributed by atoms with Gasteiger partial charge in [-0.1, -0.05) is 35.3 Å². The van der Waals surface area contributed by atoms with Gasteiger partial charge in [0.1, 0.15) is 0 Å². The maximum Gasteiger partial charge on any atom is 0.211 e. The van der Waals surface area contributed by atoms with E-state index in [4.69, 9.17) is 28.2 Å². The van der Waals surface area contributed by atoms with Gasteiger partial charge in [0.25, 0.3) is 0 Å². The Morgan fingerprint density at radius 3 is 2.45 bits per heavy atom. The quantitative estimate of drug-likeness (QED) is 0.570. The minimum Gasteiger partial charge on any atom is -0.385 e. The fourth-order valence-electron chi connectivity index (χ4n) is 5.28. The molecule has 0 saturated heterocycles. The van der Waals surface area contributed by atoms with E-state index in [0.29, 0.717) is 21.9 Å². The van der Waals surface area contributed by atoms with Crippen LogP contribution in [0.4, 0.5) is 11.6 Å². The highest BCUT2D eigenvalue weighted by Crippen LogP contribution is 2.58. The molecule has 2 fully saturated rings. The van der Waals surface area contributed by atoms with Crippen LogP contribution in [0.3, 0.4) is 0 Å². The zero-order valence-electron chi connectivity index (χ0n) is 16.3. The summed E-state index contributed by atoms with van der Waals surface area (Å²) < 4.78 is 2.27. The number of aliphatic hydroxyl groups is 1. The molecule has 0 amide bonds. The number of fused-ring (bicyclic) bond motifs is 3. The molecule has 0 spiro atoms. The summed E-state index contributed by atoms with van der Waals surface area (Å²) in [5.41, 5.74) is 4.40. The first kappa shape index (κ1) is 18.1. The zero-order chi connectivity index (χ0) is 19.9. The lowest BCUT2D eigenvalue weighted by molar-refractivity contribution is -0.00905. The molecule has 6 heteroatoms. The number of aryl methyl sites for hydroxylation is 1. The van der Waals surface area contributed by atoms with Crippen molar-refractivity contribution in [2.45, 2.75) is 44.8 Å². The lowest BCUT2D eigenvalue weighted by Crippen LogP contribution is -2.31. The van der Waals surface area contributed by atoms with Crippen LogP contribution in [-0.2, 0) is 12.1 Å². The number of aromatic nitrogens is 2. The van der Waals surface area contributed by atoms with Gasteiger partial charge >= 0.3 is 0 Å². The van der Waals surface area contributed by atoms with E-state index in [9.17, 15) is 5.11 Å². The van der Waals surface area contributed by atoms with Crippen LogP contribution in [0.5, 0.6) is 0 Å². The van der Waals surface area contributed by atoms with Gasteiger partial charge in [-0.3, -0.25) is 0 Å². The molecule has 2 aliphatic carbocycles. The number of imidazole rings is 1. The maximum absolute atomic E-state index is 11.8. The predicted molar refractivity (Wildman–Crippen MR) is 117 cm³/mol. The summed E-state index contributed by atoms with van der Waals surface area (Å²) in [6.07, 6.45) is 4.48. The molecule has 1 aromatic heterocycles. The van der Waals surface area contributed by atoms with Gasteiger partial charge in [-0.25, -0.2) is 4.98 Å². The second-order valence-corrected chi connectivity index (χ2v) is 9.66. The zero-order valence-corrected chi connectivity index (χ0v) is 17.8. The lowest BCUT2D eigenvalue weighted by Gasteiger charge is -2.30. The summed E-state index contributed by atoms with van der Waals surface area (Å²) in [5, 5.41) is 13.1. The third-order valence-electron chi connectivity index (χ3n) is 6.85. The molecular weight excluding hydrogens is 405 g/mol. The molecule has 150 valence electrons. The Morgan fingerprint density at radius 1 is 1.07 bits per heavy atom. The molecule has 0 atom stereocenters. The minimum atomic E-state index is -0.711. The predicted octanol–water partition coefficient (Wildman–Crippen LogP) is 5.81. The summed E-state index contributed by atoms with van der Waals surface area (Å²) in [4.78, 5) is 7.16. The summed E-state index contributed by atoms with van der Waals surface area (Å²) in [6.45, 7) is 3.66. The highest BCUT2D eigenvalue weighted by atomic mass is 35.5. The Hall–Kier alpha value is -1.75. The van der Waals surface area contributed by atoms with Crippen molar-refractivity contribution in [3.05, 3.63) is 51.5 Å². The first-order valence-electron chi connectivity index (χ1n) is 10.4. The van der Waals surface area contributed by atoms with Crippen LogP contribution >= 0.6 is 23.2 Å². The van der Waals surface area contributed by atoms with Crippen LogP contribution in [0.25, 0.3) is 11.0 Å². The topological polar surface area (TPSA) is 41.3 Å². The van der Waals surface area contributed by atoms with Gasteiger partial charge < -0.3 is 14.6 Å². The van der Waals surface area contributed by atoms with Gasteiger partial charge in [-0.15, -0.1) is 0 Å². The van der Waals surface area contributed by atoms with E-state index in [1.165, 1.54) is 0 Å². The van der Waals surface area contributed by atoms with Crippen molar-refractivity contribution >= 4 is 45.9 Å². The number of rotatable bonds is 4. The fourth-order valence-corrected chi connectivity index (χ4v) is 5.98. The number of para-hydroxylation sites is 1. The van der Waals surface area contributed by atoms with Gasteiger partial charge in [0.2, 0.25) is 5.95 Å². The van der Waals surface area contributed by atoms with Crippen molar-refractivity contribution in [1.82, 2.24) is 9.55 Å². The molecule has 1 N–H and O–H groups in total. The Bertz CT molecular complexity index is 1110. The average molecular weight is 428 g/mol. The third-order valence-corrected chi connectivity index (χ3v) is 7.36. The molecular formula is C23H23Cl2N3O. The second-order valence-electron chi connectivity index (χ2n) is 8.82. The molecule has 1 aliphatic heterocycles. The molecule has 2 heterocycles. The number of anilines is 2. The van der Waals surface area contributed by atoms with Crippen molar-refractivity contribution in [2.24, 2.45) is 11.8 Å². The highest BCUT2D eigenvalue weighted by molar-refractivity contribution is 6.36. The van der Waals surface area contributed by atoms with Gasteiger partial charge in [-0.05, 0) is 68.2 Å². The van der Waals surface area contributed by atoms with Gasteiger partial charge in [0.15, 0.2) is 0 Å². The van der Waals surface area contributed by atoms with E-state index < -0.39 is 5.60 Å². The lowest BCUT2D eigenvalue weighted by atomic mass is 9.83. The summed E-state index contributed by atoms with van der Waals surface area (Å²) >= 11 is 12.8. The largest absolute Gasteiger partial charge is 0.385 e. The molecule has 6 rings (SSSR count). The third kappa shape index (κ3) is 2.59. The van der Waals surface area contributed by atoms with Gasteiger partial charge in [0, 0.05) is 23.7 Å². The van der Waals surface area contributed by atoms with Crippen molar-refractivity contribution in [3.63, 3.8) is 0 Å². The van der Waals surface area contributed by atoms with Crippen LogP contribution in [-0.4, -0.2) is 21.2 Å². The van der Waals surface area contributed by atoms with Crippen molar-refractivity contribution in [2.75, 3.05) is 11.4 Å². The van der Waals surface area contributed by atoms with Gasteiger partial charge in [-0.2, -0.15) is 0 Å². The fraction of sp³-hybridized carbons (Fsp3) is 0.435.